The first-order chi connectivity index (χ1) is 6.66. The van der Waals surface area contributed by atoms with Gasteiger partial charge in [-0.3, -0.25) is 0 Å². The minimum absolute atomic E-state index is 0.527. The second kappa shape index (κ2) is 3.88. The highest BCUT2D eigenvalue weighted by Gasteiger charge is 2.10. The van der Waals surface area contributed by atoms with Crippen molar-refractivity contribution in [3.63, 3.8) is 0 Å². The van der Waals surface area contributed by atoms with E-state index >= 15 is 0 Å². The maximum absolute atomic E-state index is 9.01. The molecule has 70 valence electrons. The summed E-state index contributed by atoms with van der Waals surface area (Å²) >= 11 is 2.23. The highest BCUT2D eigenvalue weighted by atomic mass is 127. The van der Waals surface area contributed by atoms with Gasteiger partial charge < -0.3 is 10.0 Å². The zero-order chi connectivity index (χ0) is 10.1. The van der Waals surface area contributed by atoms with Crippen LogP contribution in [0.1, 0.15) is 0 Å². The monoisotopic (exact) mass is 298 g/mol. The molecule has 0 radical (unpaired) electrons. The Hall–Kier alpha value is -0.585. The lowest BCUT2D eigenvalue weighted by atomic mass is 9.79. The Labute approximate surface area is 95.9 Å². The molecule has 2 N–H and O–H groups in total. The van der Waals surface area contributed by atoms with E-state index in [1.165, 1.54) is 0 Å². The SMILES string of the molecule is OB(O)c1ccc2ccc(I)cc2c1. The molecule has 0 aliphatic heterocycles. The van der Waals surface area contributed by atoms with Crippen LogP contribution in [-0.2, 0) is 0 Å². The van der Waals surface area contributed by atoms with Gasteiger partial charge in [0.15, 0.2) is 0 Å². The Morgan fingerprint density at radius 3 is 2.36 bits per heavy atom. The number of fused-ring (bicyclic) bond motifs is 1. The van der Waals surface area contributed by atoms with Gasteiger partial charge in [0.05, 0.1) is 0 Å². The van der Waals surface area contributed by atoms with Gasteiger partial charge in [0.25, 0.3) is 0 Å². The summed E-state index contributed by atoms with van der Waals surface area (Å²) in [6.07, 6.45) is 0. The molecule has 0 aliphatic rings. The van der Waals surface area contributed by atoms with Crippen molar-refractivity contribution in [2.24, 2.45) is 0 Å². The van der Waals surface area contributed by atoms with Gasteiger partial charge in [0.1, 0.15) is 0 Å². The smallest absolute Gasteiger partial charge is 0.423 e. The lowest BCUT2D eigenvalue weighted by Crippen LogP contribution is -2.29. The summed E-state index contributed by atoms with van der Waals surface area (Å²) < 4.78 is 1.14. The molecule has 0 atom stereocenters. The van der Waals surface area contributed by atoms with E-state index in [1.807, 2.05) is 24.3 Å². The maximum atomic E-state index is 9.01. The van der Waals surface area contributed by atoms with Crippen molar-refractivity contribution in [2.75, 3.05) is 0 Å². The van der Waals surface area contributed by atoms with Gasteiger partial charge in [-0.25, -0.2) is 0 Å². The van der Waals surface area contributed by atoms with Crippen molar-refractivity contribution in [3.05, 3.63) is 40.0 Å². The molecule has 0 saturated heterocycles. The minimum Gasteiger partial charge on any atom is -0.423 e. The molecule has 14 heavy (non-hydrogen) atoms. The molecule has 2 nitrogen and oxygen atoms in total. The lowest BCUT2D eigenvalue weighted by molar-refractivity contribution is 0.426. The third kappa shape index (κ3) is 1.92. The third-order valence-electron chi connectivity index (χ3n) is 2.12. The minimum atomic E-state index is -1.39. The summed E-state index contributed by atoms with van der Waals surface area (Å²) in [6.45, 7) is 0. The maximum Gasteiger partial charge on any atom is 0.488 e. The predicted octanol–water partition coefficient (Wildman–Crippen LogP) is 1.12. The number of halogens is 1. The average molecular weight is 298 g/mol. The van der Waals surface area contributed by atoms with Crippen LogP contribution in [0.5, 0.6) is 0 Å². The van der Waals surface area contributed by atoms with Crippen LogP contribution in [0.15, 0.2) is 36.4 Å². The Morgan fingerprint density at radius 2 is 1.64 bits per heavy atom. The topological polar surface area (TPSA) is 40.5 Å². The van der Waals surface area contributed by atoms with Gasteiger partial charge in [-0.1, -0.05) is 24.3 Å². The van der Waals surface area contributed by atoms with E-state index < -0.39 is 7.12 Å². The van der Waals surface area contributed by atoms with Crippen LogP contribution in [0.25, 0.3) is 10.8 Å². The summed E-state index contributed by atoms with van der Waals surface area (Å²) in [6, 6.07) is 11.5. The molecular weight excluding hydrogens is 290 g/mol. The average Bonchev–Trinajstić information content (AvgIpc) is 2.16. The van der Waals surface area contributed by atoms with Crippen LogP contribution in [0.2, 0.25) is 0 Å². The fourth-order valence-electron chi connectivity index (χ4n) is 1.40. The van der Waals surface area contributed by atoms with Crippen LogP contribution < -0.4 is 5.46 Å². The number of benzene rings is 2. The van der Waals surface area contributed by atoms with Crippen molar-refractivity contribution in [2.45, 2.75) is 0 Å². The number of rotatable bonds is 1. The molecule has 2 aromatic rings. The van der Waals surface area contributed by atoms with E-state index in [0.717, 1.165) is 14.3 Å². The molecule has 0 unspecified atom stereocenters. The molecule has 0 heterocycles. The van der Waals surface area contributed by atoms with Crippen LogP contribution in [0, 0.1) is 3.57 Å². The van der Waals surface area contributed by atoms with Gasteiger partial charge in [-0.05, 0) is 51.0 Å². The standard InChI is InChI=1S/C10H8BIO2/c12-10-4-2-7-1-3-9(11(13)14)5-8(7)6-10/h1-6,13-14H. The van der Waals surface area contributed by atoms with E-state index in [-0.39, 0.29) is 0 Å². The first-order valence-corrected chi connectivity index (χ1v) is 5.30. The van der Waals surface area contributed by atoms with E-state index in [9.17, 15) is 0 Å². The first kappa shape index (κ1) is 9.95. The first-order valence-electron chi connectivity index (χ1n) is 4.22. The van der Waals surface area contributed by atoms with Gasteiger partial charge in [-0.15, -0.1) is 0 Å². The van der Waals surface area contributed by atoms with Crippen molar-refractivity contribution >= 4 is 45.9 Å². The van der Waals surface area contributed by atoms with Crippen LogP contribution in [0.4, 0.5) is 0 Å². The molecule has 0 fully saturated rings. The third-order valence-corrected chi connectivity index (χ3v) is 2.80. The van der Waals surface area contributed by atoms with Gasteiger partial charge in [0.2, 0.25) is 0 Å². The molecule has 0 aliphatic carbocycles. The molecular formula is C10H8BIO2. The predicted molar refractivity (Wildman–Crippen MR) is 66.5 cm³/mol. The van der Waals surface area contributed by atoms with Gasteiger partial charge in [0, 0.05) is 3.57 Å². The fourth-order valence-corrected chi connectivity index (χ4v) is 1.91. The molecule has 0 saturated carbocycles. The lowest BCUT2D eigenvalue weighted by Gasteiger charge is -2.02. The second-order valence-electron chi connectivity index (χ2n) is 3.12. The Morgan fingerprint density at radius 1 is 0.929 bits per heavy atom. The molecule has 2 rings (SSSR count). The van der Waals surface area contributed by atoms with E-state index in [0.29, 0.717) is 5.46 Å². The van der Waals surface area contributed by atoms with Crippen molar-refractivity contribution in [1.29, 1.82) is 0 Å². The number of hydrogen-bond acceptors (Lipinski definition) is 2. The Balaban J connectivity index is 2.63. The van der Waals surface area contributed by atoms with Crippen molar-refractivity contribution in [3.8, 4) is 0 Å². The zero-order valence-corrected chi connectivity index (χ0v) is 9.47. The summed E-state index contributed by atoms with van der Waals surface area (Å²) in [5.74, 6) is 0. The molecule has 0 amide bonds. The summed E-state index contributed by atoms with van der Waals surface area (Å²) in [7, 11) is -1.39. The summed E-state index contributed by atoms with van der Waals surface area (Å²) in [5, 5.41) is 20.1. The Kier molecular flexibility index (Phi) is 2.76. The van der Waals surface area contributed by atoms with Gasteiger partial charge >= 0.3 is 7.12 Å². The second-order valence-corrected chi connectivity index (χ2v) is 4.37. The van der Waals surface area contributed by atoms with Crippen LogP contribution in [0.3, 0.4) is 0 Å². The van der Waals surface area contributed by atoms with E-state index in [2.05, 4.69) is 22.6 Å². The van der Waals surface area contributed by atoms with Crippen molar-refractivity contribution in [1.82, 2.24) is 0 Å². The van der Waals surface area contributed by atoms with Gasteiger partial charge in [-0.2, -0.15) is 0 Å². The van der Waals surface area contributed by atoms with Crippen LogP contribution in [-0.4, -0.2) is 17.2 Å². The van der Waals surface area contributed by atoms with Crippen LogP contribution >= 0.6 is 22.6 Å². The highest BCUT2D eigenvalue weighted by molar-refractivity contribution is 14.1. The Bertz CT molecular complexity index is 471. The molecule has 0 aromatic heterocycles. The highest BCUT2D eigenvalue weighted by Crippen LogP contribution is 2.15. The van der Waals surface area contributed by atoms with E-state index in [1.54, 1.807) is 12.1 Å². The normalized spacial score (nSPS) is 10.5. The molecule has 2 aromatic carbocycles. The molecule has 0 bridgehead atoms. The molecule has 4 heteroatoms. The van der Waals surface area contributed by atoms with E-state index in [4.69, 9.17) is 10.0 Å². The number of hydrogen-bond donors (Lipinski definition) is 2. The summed E-state index contributed by atoms with van der Waals surface area (Å²) in [5.41, 5.74) is 0.527. The molecule has 0 spiro atoms. The fraction of sp³-hybridized carbons (Fsp3) is 0. The summed E-state index contributed by atoms with van der Waals surface area (Å²) in [4.78, 5) is 0. The van der Waals surface area contributed by atoms with Crippen molar-refractivity contribution < 1.29 is 10.0 Å². The quantitative estimate of drug-likeness (QED) is 0.612. The zero-order valence-electron chi connectivity index (χ0n) is 7.31. The largest absolute Gasteiger partial charge is 0.488 e.